The molecule has 1 N–H and O–H groups in total. The molecule has 0 unspecified atom stereocenters. The third-order valence-electron chi connectivity index (χ3n) is 3.53. The van der Waals surface area contributed by atoms with Crippen molar-refractivity contribution in [2.24, 2.45) is 0 Å². The summed E-state index contributed by atoms with van der Waals surface area (Å²) in [6.07, 6.45) is 7.28. The van der Waals surface area contributed by atoms with Gasteiger partial charge in [0.1, 0.15) is 6.04 Å². The van der Waals surface area contributed by atoms with Crippen molar-refractivity contribution in [1.82, 2.24) is 20.0 Å². The molecule has 0 aliphatic carbocycles. The van der Waals surface area contributed by atoms with Crippen LogP contribution in [0.2, 0.25) is 0 Å². The summed E-state index contributed by atoms with van der Waals surface area (Å²) in [5.41, 5.74) is 2.45. The maximum atomic E-state index is 4.44. The van der Waals surface area contributed by atoms with E-state index in [1.807, 2.05) is 29.2 Å². The number of nitrogens with one attached hydrogen (secondary N) is 1. The molecular formula is C19H16Br2N4. The van der Waals surface area contributed by atoms with E-state index in [2.05, 4.69) is 95.7 Å². The summed E-state index contributed by atoms with van der Waals surface area (Å²) in [6.45, 7) is 0. The number of aromatic amines is 1. The molecule has 25 heavy (non-hydrogen) atoms. The fourth-order valence-electron chi connectivity index (χ4n) is 2.46. The second-order valence-electron chi connectivity index (χ2n) is 5.28. The van der Waals surface area contributed by atoms with E-state index in [0.717, 1.165) is 8.95 Å². The molecule has 6 heteroatoms. The second-order valence-corrected chi connectivity index (χ2v) is 7.11. The third-order valence-corrected chi connectivity index (χ3v) is 4.37. The zero-order valence-electron chi connectivity index (χ0n) is 13.3. The fraction of sp³-hybridized carbons (Fsp3) is 0.0526. The van der Waals surface area contributed by atoms with E-state index in [1.165, 1.54) is 11.1 Å². The molecule has 0 amide bonds. The number of hydrogen-bond acceptors (Lipinski definition) is 2. The van der Waals surface area contributed by atoms with Crippen molar-refractivity contribution >= 4 is 31.9 Å². The summed E-state index contributed by atoms with van der Waals surface area (Å²) in [6, 6.07) is 20.9. The molecule has 2 aromatic heterocycles. The van der Waals surface area contributed by atoms with Gasteiger partial charge in [0.05, 0.1) is 21.3 Å². The van der Waals surface area contributed by atoms with Crippen LogP contribution in [0.5, 0.6) is 0 Å². The van der Waals surface area contributed by atoms with Crippen molar-refractivity contribution < 1.29 is 0 Å². The molecule has 0 saturated carbocycles. The molecule has 0 atom stereocenters. The Labute approximate surface area is 163 Å². The summed E-state index contributed by atoms with van der Waals surface area (Å²) >= 11 is 6.65. The monoisotopic (exact) mass is 458 g/mol. The summed E-state index contributed by atoms with van der Waals surface area (Å²) in [5.74, 6) is 0. The zero-order chi connectivity index (χ0) is 17.5. The average Bonchev–Trinajstić information content (AvgIpc) is 3.29. The fourth-order valence-corrected chi connectivity index (χ4v) is 2.97. The van der Waals surface area contributed by atoms with Crippen LogP contribution in [-0.4, -0.2) is 20.0 Å². The first kappa shape index (κ1) is 17.6. The van der Waals surface area contributed by atoms with Crippen LogP contribution in [0, 0.1) is 0 Å². The second kappa shape index (κ2) is 8.78. The van der Waals surface area contributed by atoms with Crippen LogP contribution >= 0.6 is 31.9 Å². The van der Waals surface area contributed by atoms with Crippen molar-refractivity contribution in [3.8, 4) is 0 Å². The minimum absolute atomic E-state index is 0.105. The van der Waals surface area contributed by atoms with Crippen molar-refractivity contribution in [2.75, 3.05) is 0 Å². The van der Waals surface area contributed by atoms with Crippen LogP contribution in [0.1, 0.15) is 17.2 Å². The number of nitrogens with zero attached hydrogens (tertiary/aromatic N) is 3. The van der Waals surface area contributed by atoms with E-state index in [4.69, 9.17) is 0 Å². The first-order valence-electron chi connectivity index (χ1n) is 7.68. The topological polar surface area (TPSA) is 46.5 Å². The van der Waals surface area contributed by atoms with Crippen molar-refractivity contribution in [2.45, 2.75) is 6.04 Å². The van der Waals surface area contributed by atoms with Crippen molar-refractivity contribution in [3.05, 3.63) is 106 Å². The van der Waals surface area contributed by atoms with E-state index >= 15 is 0 Å². The van der Waals surface area contributed by atoms with E-state index in [-0.39, 0.29) is 6.04 Å². The highest BCUT2D eigenvalue weighted by Gasteiger charge is 2.16. The average molecular weight is 460 g/mol. The predicted octanol–water partition coefficient (Wildman–Crippen LogP) is 5.46. The number of H-pyrrole nitrogens is 1. The van der Waals surface area contributed by atoms with Gasteiger partial charge in [-0.25, -0.2) is 0 Å². The molecule has 0 fully saturated rings. The first-order valence-corrected chi connectivity index (χ1v) is 9.26. The molecule has 0 spiro atoms. The van der Waals surface area contributed by atoms with Gasteiger partial charge in [0.15, 0.2) is 0 Å². The van der Waals surface area contributed by atoms with Gasteiger partial charge in [-0.3, -0.25) is 9.78 Å². The smallest absolute Gasteiger partial charge is 0.102 e. The highest BCUT2D eigenvalue weighted by molar-refractivity contribution is 9.10. The molecule has 0 saturated heterocycles. The van der Waals surface area contributed by atoms with Gasteiger partial charge in [0.25, 0.3) is 0 Å². The van der Waals surface area contributed by atoms with E-state index in [0.29, 0.717) is 0 Å². The molecular weight excluding hydrogens is 444 g/mol. The third kappa shape index (κ3) is 4.90. The van der Waals surface area contributed by atoms with E-state index < -0.39 is 0 Å². The molecule has 2 heterocycles. The quantitative estimate of drug-likeness (QED) is 0.442. The molecule has 0 aliphatic heterocycles. The highest BCUT2D eigenvalue weighted by atomic mass is 79.9. The van der Waals surface area contributed by atoms with Gasteiger partial charge in [-0.15, -0.1) is 0 Å². The van der Waals surface area contributed by atoms with Gasteiger partial charge < -0.3 is 0 Å². The lowest BCUT2D eigenvalue weighted by molar-refractivity contribution is 0.595. The van der Waals surface area contributed by atoms with Gasteiger partial charge >= 0.3 is 0 Å². The Bertz CT molecular complexity index is 835. The molecule has 4 aromatic rings. The molecule has 0 radical (unpaired) electrons. The SMILES string of the molecule is Brc1cn[nH]c1.Brc1cnn(C(c2ccccc2)c2ccccc2)c1. The first-order chi connectivity index (χ1) is 12.2. The van der Waals surface area contributed by atoms with Crippen molar-refractivity contribution in [3.63, 3.8) is 0 Å². The number of aromatic nitrogens is 4. The number of halogens is 2. The summed E-state index contributed by atoms with van der Waals surface area (Å²) in [5, 5.41) is 10.7. The van der Waals surface area contributed by atoms with Gasteiger partial charge in [-0.05, 0) is 43.0 Å². The largest absolute Gasteiger partial charge is 0.285 e. The molecule has 0 aliphatic rings. The Morgan fingerprint density at radius 2 is 1.40 bits per heavy atom. The summed E-state index contributed by atoms with van der Waals surface area (Å²) in [4.78, 5) is 0. The summed E-state index contributed by atoms with van der Waals surface area (Å²) in [7, 11) is 0. The van der Waals surface area contributed by atoms with Gasteiger partial charge in [0, 0.05) is 12.4 Å². The predicted molar refractivity (Wildman–Crippen MR) is 106 cm³/mol. The molecule has 2 aromatic carbocycles. The van der Waals surface area contributed by atoms with Crippen LogP contribution in [-0.2, 0) is 0 Å². The molecule has 0 bridgehead atoms. The normalized spacial score (nSPS) is 10.4. The highest BCUT2D eigenvalue weighted by Crippen LogP contribution is 2.26. The number of rotatable bonds is 3. The van der Waals surface area contributed by atoms with Crippen LogP contribution < -0.4 is 0 Å². The van der Waals surface area contributed by atoms with Crippen LogP contribution in [0.3, 0.4) is 0 Å². The van der Waals surface area contributed by atoms with Crippen molar-refractivity contribution in [1.29, 1.82) is 0 Å². The van der Waals surface area contributed by atoms with E-state index in [1.54, 1.807) is 12.4 Å². The zero-order valence-corrected chi connectivity index (χ0v) is 16.4. The minimum Gasteiger partial charge on any atom is -0.285 e. The maximum Gasteiger partial charge on any atom is 0.102 e. The Morgan fingerprint density at radius 1 is 0.800 bits per heavy atom. The Hall–Kier alpha value is -2.18. The lowest BCUT2D eigenvalue weighted by Crippen LogP contribution is -2.12. The summed E-state index contributed by atoms with van der Waals surface area (Å²) < 4.78 is 3.96. The molecule has 4 rings (SSSR count). The van der Waals surface area contributed by atoms with Crippen LogP contribution in [0.4, 0.5) is 0 Å². The van der Waals surface area contributed by atoms with Crippen LogP contribution in [0.15, 0.2) is 94.4 Å². The van der Waals surface area contributed by atoms with Gasteiger partial charge in [-0.1, -0.05) is 60.7 Å². The lowest BCUT2D eigenvalue weighted by Gasteiger charge is -2.18. The van der Waals surface area contributed by atoms with Gasteiger partial charge in [-0.2, -0.15) is 10.2 Å². The maximum absolute atomic E-state index is 4.44. The van der Waals surface area contributed by atoms with Gasteiger partial charge in [0.2, 0.25) is 0 Å². The van der Waals surface area contributed by atoms with E-state index in [9.17, 15) is 0 Å². The number of hydrogen-bond donors (Lipinski definition) is 1. The Morgan fingerprint density at radius 3 is 1.76 bits per heavy atom. The number of benzene rings is 2. The Kier molecular flexibility index (Phi) is 6.19. The lowest BCUT2D eigenvalue weighted by atomic mass is 9.99. The molecule has 126 valence electrons. The standard InChI is InChI=1S/C16H13BrN2.C3H3BrN2/c17-15-11-18-19(12-15)16(13-7-3-1-4-8-13)14-9-5-2-6-10-14;4-3-1-5-6-2-3/h1-12,16H;1-2H,(H,5,6). The minimum atomic E-state index is 0.105. The molecule has 4 nitrogen and oxygen atoms in total. The van der Waals surface area contributed by atoms with Crippen LogP contribution in [0.25, 0.3) is 0 Å². The Balaban J connectivity index is 0.000000258.